The lowest BCUT2D eigenvalue weighted by molar-refractivity contribution is 0.517. The van der Waals surface area contributed by atoms with Gasteiger partial charge in [0, 0.05) is 0 Å². The van der Waals surface area contributed by atoms with Crippen LogP contribution in [0.2, 0.25) is 5.02 Å². The van der Waals surface area contributed by atoms with E-state index in [1.54, 1.807) is 0 Å². The second-order valence-corrected chi connectivity index (χ2v) is 3.83. The highest BCUT2D eigenvalue weighted by atomic mass is 35.5. The Labute approximate surface area is 99.2 Å². The fourth-order valence-electron chi connectivity index (χ4n) is 1.57. The summed E-state index contributed by atoms with van der Waals surface area (Å²) in [5.41, 5.74) is 7.29. The van der Waals surface area contributed by atoms with E-state index < -0.39 is 0 Å². The number of hydrogen-bond donors (Lipinski definition) is 1. The van der Waals surface area contributed by atoms with Gasteiger partial charge in [-0.15, -0.1) is 0 Å². The van der Waals surface area contributed by atoms with Crippen molar-refractivity contribution in [1.29, 1.82) is 0 Å². The first-order chi connectivity index (χ1) is 7.76. The predicted octanol–water partition coefficient (Wildman–Crippen LogP) is 3.02. The number of rotatable bonds is 3. The summed E-state index contributed by atoms with van der Waals surface area (Å²) < 4.78 is 5.60. The Morgan fingerprint density at radius 1 is 1.38 bits per heavy atom. The Balaban J connectivity index is 2.49. The molecular weight excluding hydrogens is 224 g/mol. The van der Waals surface area contributed by atoms with Crippen LogP contribution in [-0.2, 0) is 13.0 Å². The van der Waals surface area contributed by atoms with Gasteiger partial charge in [0.05, 0.1) is 22.8 Å². The average Bonchev–Trinajstić information content (AvgIpc) is 2.72. The number of oxazole rings is 1. The maximum Gasteiger partial charge on any atom is 0.228 e. The molecule has 2 rings (SSSR count). The van der Waals surface area contributed by atoms with Crippen LogP contribution in [-0.4, -0.2) is 4.98 Å². The minimum Gasteiger partial charge on any atom is -0.439 e. The molecule has 3 nitrogen and oxygen atoms in total. The molecule has 1 aromatic carbocycles. The summed E-state index contributed by atoms with van der Waals surface area (Å²) in [7, 11) is 0. The summed E-state index contributed by atoms with van der Waals surface area (Å²) in [6, 6.07) is 7.47. The third-order valence-electron chi connectivity index (χ3n) is 2.40. The van der Waals surface area contributed by atoms with Crippen molar-refractivity contribution < 1.29 is 4.42 Å². The zero-order chi connectivity index (χ0) is 11.5. The van der Waals surface area contributed by atoms with E-state index >= 15 is 0 Å². The van der Waals surface area contributed by atoms with Crippen LogP contribution in [0.4, 0.5) is 0 Å². The number of halogens is 1. The minimum atomic E-state index is 0.362. The van der Waals surface area contributed by atoms with Gasteiger partial charge in [0.25, 0.3) is 0 Å². The Morgan fingerprint density at radius 3 is 2.69 bits per heavy atom. The standard InChI is InChI=1S/C12H13ClN2O/c1-2-10-11(7-14)16-12(15-10)8-5-3-4-6-9(8)13/h3-6H,2,7,14H2,1H3. The normalized spacial score (nSPS) is 10.7. The number of aromatic nitrogens is 1. The van der Waals surface area contributed by atoms with E-state index in [0.29, 0.717) is 17.5 Å². The van der Waals surface area contributed by atoms with Crippen molar-refractivity contribution in [3.63, 3.8) is 0 Å². The van der Waals surface area contributed by atoms with E-state index in [9.17, 15) is 0 Å². The van der Waals surface area contributed by atoms with Gasteiger partial charge in [-0.1, -0.05) is 30.7 Å². The van der Waals surface area contributed by atoms with E-state index in [1.807, 2.05) is 31.2 Å². The summed E-state index contributed by atoms with van der Waals surface area (Å²) in [5, 5.41) is 0.634. The highest BCUT2D eigenvalue weighted by molar-refractivity contribution is 6.33. The van der Waals surface area contributed by atoms with Gasteiger partial charge >= 0.3 is 0 Å². The number of nitrogens with zero attached hydrogens (tertiary/aromatic N) is 1. The lowest BCUT2D eigenvalue weighted by Gasteiger charge is -1.97. The molecule has 0 aliphatic heterocycles. The monoisotopic (exact) mass is 236 g/mol. The second kappa shape index (κ2) is 4.68. The summed E-state index contributed by atoms with van der Waals surface area (Å²) >= 11 is 6.08. The van der Waals surface area contributed by atoms with Gasteiger partial charge in [-0.25, -0.2) is 4.98 Å². The number of hydrogen-bond acceptors (Lipinski definition) is 3. The van der Waals surface area contributed by atoms with Crippen molar-refractivity contribution in [2.24, 2.45) is 5.73 Å². The van der Waals surface area contributed by atoms with E-state index in [1.165, 1.54) is 0 Å². The second-order valence-electron chi connectivity index (χ2n) is 3.43. The van der Waals surface area contributed by atoms with Crippen LogP contribution in [0.1, 0.15) is 18.4 Å². The number of nitrogens with two attached hydrogens (primary N) is 1. The quantitative estimate of drug-likeness (QED) is 0.891. The first-order valence-electron chi connectivity index (χ1n) is 5.19. The van der Waals surface area contributed by atoms with Crippen molar-refractivity contribution in [1.82, 2.24) is 4.98 Å². The highest BCUT2D eigenvalue weighted by Crippen LogP contribution is 2.28. The third-order valence-corrected chi connectivity index (χ3v) is 2.73. The van der Waals surface area contributed by atoms with Gasteiger partial charge < -0.3 is 10.2 Å². The number of aryl methyl sites for hydroxylation is 1. The fraction of sp³-hybridized carbons (Fsp3) is 0.250. The molecule has 16 heavy (non-hydrogen) atoms. The minimum absolute atomic E-state index is 0.362. The smallest absolute Gasteiger partial charge is 0.228 e. The molecule has 0 atom stereocenters. The number of benzene rings is 1. The van der Waals surface area contributed by atoms with Gasteiger partial charge in [-0.2, -0.15) is 0 Å². The molecule has 84 valence electrons. The van der Waals surface area contributed by atoms with Gasteiger partial charge in [0.15, 0.2) is 0 Å². The molecule has 2 aromatic rings. The van der Waals surface area contributed by atoms with E-state index in [4.69, 9.17) is 21.8 Å². The van der Waals surface area contributed by atoms with Crippen LogP contribution in [0.5, 0.6) is 0 Å². The van der Waals surface area contributed by atoms with Gasteiger partial charge in [0.2, 0.25) is 5.89 Å². The molecule has 1 heterocycles. The molecule has 0 aliphatic rings. The summed E-state index contributed by atoms with van der Waals surface area (Å²) in [6.45, 7) is 2.38. The molecule has 1 aromatic heterocycles. The maximum absolute atomic E-state index is 6.08. The van der Waals surface area contributed by atoms with Crippen molar-refractivity contribution in [2.45, 2.75) is 19.9 Å². The van der Waals surface area contributed by atoms with Crippen molar-refractivity contribution in [3.05, 3.63) is 40.7 Å². The zero-order valence-corrected chi connectivity index (χ0v) is 9.79. The lowest BCUT2D eigenvalue weighted by Crippen LogP contribution is -1.97. The Bertz CT molecular complexity index is 472. The van der Waals surface area contributed by atoms with Crippen molar-refractivity contribution >= 4 is 11.6 Å². The molecular formula is C12H13ClN2O. The van der Waals surface area contributed by atoms with Crippen molar-refractivity contribution in [2.75, 3.05) is 0 Å². The molecule has 0 saturated heterocycles. The van der Waals surface area contributed by atoms with Crippen LogP contribution in [0, 0.1) is 0 Å². The third kappa shape index (κ3) is 1.96. The molecule has 0 aliphatic carbocycles. The first kappa shape index (κ1) is 11.2. The molecule has 0 radical (unpaired) electrons. The largest absolute Gasteiger partial charge is 0.439 e. The van der Waals surface area contributed by atoms with Gasteiger partial charge in [-0.05, 0) is 18.6 Å². The molecule has 2 N–H and O–H groups in total. The van der Waals surface area contributed by atoms with E-state index in [2.05, 4.69) is 4.98 Å². The fourth-order valence-corrected chi connectivity index (χ4v) is 1.79. The Morgan fingerprint density at radius 2 is 2.12 bits per heavy atom. The van der Waals surface area contributed by atoms with Crippen LogP contribution in [0.25, 0.3) is 11.5 Å². The van der Waals surface area contributed by atoms with Crippen LogP contribution in [0.3, 0.4) is 0 Å². The SMILES string of the molecule is CCc1nc(-c2ccccc2Cl)oc1CN. The maximum atomic E-state index is 6.08. The Kier molecular flexibility index (Phi) is 3.27. The molecule has 4 heteroatoms. The Hall–Kier alpha value is -1.32. The zero-order valence-electron chi connectivity index (χ0n) is 9.03. The molecule has 0 fully saturated rings. The lowest BCUT2D eigenvalue weighted by atomic mass is 10.2. The van der Waals surface area contributed by atoms with Crippen LogP contribution < -0.4 is 5.73 Å². The molecule has 0 amide bonds. The summed E-state index contributed by atoms with van der Waals surface area (Å²) in [6.07, 6.45) is 0.806. The molecule has 0 bridgehead atoms. The predicted molar refractivity (Wildman–Crippen MR) is 64.2 cm³/mol. The van der Waals surface area contributed by atoms with Crippen molar-refractivity contribution in [3.8, 4) is 11.5 Å². The molecule has 0 unspecified atom stereocenters. The van der Waals surface area contributed by atoms with Gasteiger partial charge in [-0.3, -0.25) is 0 Å². The van der Waals surface area contributed by atoms with Crippen LogP contribution >= 0.6 is 11.6 Å². The van der Waals surface area contributed by atoms with Gasteiger partial charge in [0.1, 0.15) is 5.76 Å². The average molecular weight is 237 g/mol. The molecule has 0 saturated carbocycles. The first-order valence-corrected chi connectivity index (χ1v) is 5.57. The summed E-state index contributed by atoms with van der Waals surface area (Å²) in [4.78, 5) is 4.40. The van der Waals surface area contributed by atoms with E-state index in [-0.39, 0.29) is 0 Å². The van der Waals surface area contributed by atoms with Crippen LogP contribution in [0.15, 0.2) is 28.7 Å². The summed E-state index contributed by atoms with van der Waals surface area (Å²) in [5.74, 6) is 1.28. The molecule has 0 spiro atoms. The topological polar surface area (TPSA) is 52.0 Å². The van der Waals surface area contributed by atoms with E-state index in [0.717, 1.165) is 23.4 Å². The highest BCUT2D eigenvalue weighted by Gasteiger charge is 2.13.